The lowest BCUT2D eigenvalue weighted by atomic mass is 9.87. The molecule has 0 aliphatic carbocycles. The number of benzene rings is 3. The standard InChI is InChI=1S/C31H34N4O3S/c1-37-28-12-11-24(16-29(28)38-2)26-18-33-31(34-19-26)39-20-30(36)35-27(25-8-5-13-32-17-25)15-21-9-10-22-6-3-4-7-23(22)14-21/h3-4,6-7,9-12,14,16,18-19,25,27,32H,5,8,13,15,17,20H2,1-2H3,(H,35,36). The summed E-state index contributed by atoms with van der Waals surface area (Å²) in [5, 5.41) is 9.86. The molecule has 1 amide bonds. The van der Waals surface area contributed by atoms with E-state index in [4.69, 9.17) is 9.47 Å². The van der Waals surface area contributed by atoms with E-state index in [1.54, 1.807) is 26.6 Å². The minimum atomic E-state index is 0.00364. The van der Waals surface area contributed by atoms with E-state index in [1.165, 1.54) is 28.1 Å². The Hall–Kier alpha value is -3.62. The molecule has 1 aliphatic heterocycles. The summed E-state index contributed by atoms with van der Waals surface area (Å²) in [5.74, 6) is 1.99. The van der Waals surface area contributed by atoms with E-state index in [9.17, 15) is 4.79 Å². The van der Waals surface area contributed by atoms with Crippen molar-refractivity contribution in [3.63, 3.8) is 0 Å². The average Bonchev–Trinajstić information content (AvgIpc) is 3.00. The highest BCUT2D eigenvalue weighted by molar-refractivity contribution is 7.99. The Balaban J connectivity index is 1.21. The van der Waals surface area contributed by atoms with Crippen LogP contribution >= 0.6 is 11.8 Å². The normalized spacial score (nSPS) is 16.0. The fourth-order valence-corrected chi connectivity index (χ4v) is 5.71. The number of amides is 1. The minimum absolute atomic E-state index is 0.00364. The van der Waals surface area contributed by atoms with Gasteiger partial charge in [0, 0.05) is 24.0 Å². The number of ether oxygens (including phenoxy) is 2. The molecule has 2 N–H and O–H groups in total. The number of carbonyl (C=O) groups is 1. The molecule has 39 heavy (non-hydrogen) atoms. The van der Waals surface area contributed by atoms with Gasteiger partial charge in [-0.1, -0.05) is 60.3 Å². The Morgan fingerprint density at radius 3 is 2.54 bits per heavy atom. The SMILES string of the molecule is COc1ccc(-c2cnc(SCC(=O)NC(Cc3ccc4ccccc4c3)C3CCCNC3)nc2)cc1OC. The number of rotatable bonds is 10. The molecular formula is C31H34N4O3S. The first kappa shape index (κ1) is 27.0. The van der Waals surface area contributed by atoms with Gasteiger partial charge in [0.25, 0.3) is 0 Å². The molecule has 7 nitrogen and oxygen atoms in total. The Morgan fingerprint density at radius 2 is 1.79 bits per heavy atom. The predicted octanol–water partition coefficient (Wildman–Crippen LogP) is 5.13. The molecule has 2 heterocycles. The van der Waals surface area contributed by atoms with Crippen molar-refractivity contribution in [3.8, 4) is 22.6 Å². The van der Waals surface area contributed by atoms with Crippen molar-refractivity contribution < 1.29 is 14.3 Å². The van der Waals surface area contributed by atoms with Crippen LogP contribution in [0.5, 0.6) is 11.5 Å². The van der Waals surface area contributed by atoms with Gasteiger partial charge in [-0.15, -0.1) is 0 Å². The molecule has 8 heteroatoms. The zero-order valence-electron chi connectivity index (χ0n) is 22.4. The summed E-state index contributed by atoms with van der Waals surface area (Å²) in [5.41, 5.74) is 3.04. The van der Waals surface area contributed by atoms with Gasteiger partial charge in [-0.05, 0) is 72.3 Å². The lowest BCUT2D eigenvalue weighted by Gasteiger charge is -2.31. The highest BCUT2D eigenvalue weighted by Crippen LogP contribution is 2.32. The fraction of sp³-hybridized carbons (Fsp3) is 0.323. The van der Waals surface area contributed by atoms with Crippen LogP contribution in [0.3, 0.4) is 0 Å². The monoisotopic (exact) mass is 542 g/mol. The topological polar surface area (TPSA) is 85.4 Å². The number of piperidine rings is 1. The molecule has 3 aromatic carbocycles. The van der Waals surface area contributed by atoms with Gasteiger partial charge in [0.15, 0.2) is 16.7 Å². The minimum Gasteiger partial charge on any atom is -0.493 e. The second-order valence-electron chi connectivity index (χ2n) is 9.78. The van der Waals surface area contributed by atoms with Crippen molar-refractivity contribution in [2.24, 2.45) is 5.92 Å². The van der Waals surface area contributed by atoms with Crippen LogP contribution in [-0.2, 0) is 11.2 Å². The molecule has 1 aliphatic rings. The smallest absolute Gasteiger partial charge is 0.230 e. The van der Waals surface area contributed by atoms with Crippen LogP contribution in [0.15, 0.2) is 78.2 Å². The summed E-state index contributed by atoms with van der Waals surface area (Å²) in [6.07, 6.45) is 6.59. The highest BCUT2D eigenvalue weighted by Gasteiger charge is 2.25. The first-order valence-corrected chi connectivity index (χ1v) is 14.3. The lowest BCUT2D eigenvalue weighted by Crippen LogP contribution is -2.48. The number of thioether (sulfide) groups is 1. The number of aromatic nitrogens is 2. The predicted molar refractivity (Wildman–Crippen MR) is 156 cm³/mol. The maximum absolute atomic E-state index is 13.1. The van der Waals surface area contributed by atoms with E-state index < -0.39 is 0 Å². The molecule has 1 saturated heterocycles. The third-order valence-electron chi connectivity index (χ3n) is 7.20. The third-order valence-corrected chi connectivity index (χ3v) is 8.07. The average molecular weight is 543 g/mol. The van der Waals surface area contributed by atoms with Gasteiger partial charge in [-0.3, -0.25) is 4.79 Å². The number of hydrogen-bond acceptors (Lipinski definition) is 7. The van der Waals surface area contributed by atoms with Crippen molar-refractivity contribution in [1.29, 1.82) is 0 Å². The second-order valence-corrected chi connectivity index (χ2v) is 10.7. The number of hydrogen-bond donors (Lipinski definition) is 2. The number of nitrogens with one attached hydrogen (secondary N) is 2. The maximum Gasteiger partial charge on any atom is 0.230 e. The van der Waals surface area contributed by atoms with Crippen LogP contribution < -0.4 is 20.1 Å². The quantitative estimate of drug-likeness (QED) is 0.212. The number of nitrogens with zero attached hydrogens (tertiary/aromatic N) is 2. The molecule has 2 atom stereocenters. The van der Waals surface area contributed by atoms with Gasteiger partial charge in [-0.25, -0.2) is 9.97 Å². The molecule has 0 saturated carbocycles. The summed E-state index contributed by atoms with van der Waals surface area (Å²) >= 11 is 1.35. The molecule has 0 bridgehead atoms. The van der Waals surface area contributed by atoms with Crippen LogP contribution in [0.1, 0.15) is 18.4 Å². The van der Waals surface area contributed by atoms with Crippen molar-refractivity contribution in [2.75, 3.05) is 33.1 Å². The molecule has 1 fully saturated rings. The van der Waals surface area contributed by atoms with Crippen molar-refractivity contribution in [1.82, 2.24) is 20.6 Å². The Labute approximate surface area is 233 Å². The van der Waals surface area contributed by atoms with E-state index in [0.717, 1.165) is 43.5 Å². The Bertz CT molecular complexity index is 1410. The summed E-state index contributed by atoms with van der Waals surface area (Å²) in [6, 6.07) is 20.8. The first-order valence-electron chi connectivity index (χ1n) is 13.3. The molecule has 0 spiro atoms. The number of methoxy groups -OCH3 is 2. The van der Waals surface area contributed by atoms with Crippen LogP contribution in [0.2, 0.25) is 0 Å². The van der Waals surface area contributed by atoms with Crippen LogP contribution in [-0.4, -0.2) is 55.0 Å². The van der Waals surface area contributed by atoms with Gasteiger partial charge in [-0.2, -0.15) is 0 Å². The van der Waals surface area contributed by atoms with Gasteiger partial charge in [0.05, 0.1) is 20.0 Å². The van der Waals surface area contributed by atoms with Crippen LogP contribution in [0, 0.1) is 5.92 Å². The van der Waals surface area contributed by atoms with Crippen molar-refractivity contribution >= 4 is 28.4 Å². The summed E-state index contributed by atoms with van der Waals surface area (Å²) < 4.78 is 10.7. The largest absolute Gasteiger partial charge is 0.493 e. The van der Waals surface area contributed by atoms with E-state index in [0.29, 0.717) is 22.6 Å². The molecule has 1 aromatic heterocycles. The molecular weight excluding hydrogens is 508 g/mol. The van der Waals surface area contributed by atoms with Gasteiger partial charge >= 0.3 is 0 Å². The molecule has 2 unspecified atom stereocenters. The van der Waals surface area contributed by atoms with Crippen molar-refractivity contribution in [2.45, 2.75) is 30.5 Å². The number of carbonyl (C=O) groups excluding carboxylic acids is 1. The van der Waals surface area contributed by atoms with E-state index in [1.807, 2.05) is 18.2 Å². The van der Waals surface area contributed by atoms with E-state index >= 15 is 0 Å². The Morgan fingerprint density at radius 1 is 1.00 bits per heavy atom. The lowest BCUT2D eigenvalue weighted by molar-refractivity contribution is -0.119. The van der Waals surface area contributed by atoms with Gasteiger partial charge in [0.2, 0.25) is 5.91 Å². The van der Waals surface area contributed by atoms with Gasteiger partial charge < -0.3 is 20.1 Å². The molecule has 0 radical (unpaired) electrons. The van der Waals surface area contributed by atoms with Crippen LogP contribution in [0.4, 0.5) is 0 Å². The zero-order valence-corrected chi connectivity index (χ0v) is 23.2. The summed E-state index contributed by atoms with van der Waals surface area (Å²) in [6.45, 7) is 1.96. The first-order chi connectivity index (χ1) is 19.1. The maximum atomic E-state index is 13.1. The summed E-state index contributed by atoms with van der Waals surface area (Å²) in [7, 11) is 3.22. The fourth-order valence-electron chi connectivity index (χ4n) is 5.11. The molecule has 4 aromatic rings. The van der Waals surface area contributed by atoms with Crippen LogP contribution in [0.25, 0.3) is 21.9 Å². The molecule has 5 rings (SSSR count). The summed E-state index contributed by atoms with van der Waals surface area (Å²) in [4.78, 5) is 22.0. The molecule has 202 valence electrons. The highest BCUT2D eigenvalue weighted by atomic mass is 32.2. The van der Waals surface area contributed by atoms with Crippen molar-refractivity contribution in [3.05, 3.63) is 78.6 Å². The Kier molecular flexibility index (Phi) is 8.96. The van der Waals surface area contributed by atoms with E-state index in [-0.39, 0.29) is 17.7 Å². The van der Waals surface area contributed by atoms with E-state index in [2.05, 4.69) is 63.1 Å². The zero-order chi connectivity index (χ0) is 27.0. The van der Waals surface area contributed by atoms with Gasteiger partial charge in [0.1, 0.15) is 0 Å². The number of fused-ring (bicyclic) bond motifs is 1. The second kappa shape index (κ2) is 13.0. The third kappa shape index (κ3) is 6.88.